The predicted molar refractivity (Wildman–Crippen MR) is 59.5 cm³/mol. The number of aryl methyl sites for hydroxylation is 1. The smallest absolute Gasteiger partial charge is 0.180 e. The Labute approximate surface area is 90.6 Å². The summed E-state index contributed by atoms with van der Waals surface area (Å²) >= 11 is 7.38. The molecule has 0 aliphatic heterocycles. The normalized spacial score (nSPS) is 10.4. The van der Waals surface area contributed by atoms with Crippen molar-refractivity contribution >= 4 is 28.1 Å². The van der Waals surface area contributed by atoms with Gasteiger partial charge in [-0.2, -0.15) is 0 Å². The van der Waals surface area contributed by atoms with E-state index >= 15 is 0 Å². The number of anilines is 1. The Kier molecular flexibility index (Phi) is 2.39. The molecule has 0 unspecified atom stereocenters. The standard InChI is InChI=1S/C9H8ClN3S/c1-5-2-3-6(8(10)12-5)7-4-14-9(11)13-7/h2-4H,1H3,(H2,11,13). The molecule has 2 rings (SSSR count). The Morgan fingerprint density at radius 3 is 2.71 bits per heavy atom. The number of halogens is 1. The average Bonchev–Trinajstić information content (AvgIpc) is 2.51. The molecule has 0 atom stereocenters. The number of nitrogens with two attached hydrogens (primary N) is 1. The molecule has 2 heterocycles. The van der Waals surface area contributed by atoms with Crippen molar-refractivity contribution in [3.8, 4) is 11.3 Å². The van der Waals surface area contributed by atoms with Crippen LogP contribution in [0.4, 0.5) is 5.13 Å². The Hall–Kier alpha value is -1.13. The van der Waals surface area contributed by atoms with Crippen molar-refractivity contribution < 1.29 is 0 Å². The number of hydrogen-bond donors (Lipinski definition) is 1. The molecule has 0 amide bonds. The van der Waals surface area contributed by atoms with Crippen LogP contribution in [0.3, 0.4) is 0 Å². The molecule has 0 fully saturated rings. The molecule has 0 aliphatic rings. The van der Waals surface area contributed by atoms with Crippen LogP contribution in [0.1, 0.15) is 5.69 Å². The zero-order valence-electron chi connectivity index (χ0n) is 7.49. The molecule has 2 aromatic rings. The molecular weight excluding hydrogens is 218 g/mol. The van der Waals surface area contributed by atoms with Gasteiger partial charge in [-0.15, -0.1) is 11.3 Å². The second-order valence-electron chi connectivity index (χ2n) is 2.86. The topological polar surface area (TPSA) is 51.8 Å². The predicted octanol–water partition coefficient (Wildman–Crippen LogP) is 2.75. The van der Waals surface area contributed by atoms with Gasteiger partial charge in [0.15, 0.2) is 5.13 Å². The Bertz CT molecular complexity index is 467. The highest BCUT2D eigenvalue weighted by atomic mass is 35.5. The number of hydrogen-bond acceptors (Lipinski definition) is 4. The summed E-state index contributed by atoms with van der Waals surface area (Å²) in [6, 6.07) is 3.80. The summed E-state index contributed by atoms with van der Waals surface area (Å²) in [6.45, 7) is 1.89. The van der Waals surface area contributed by atoms with Crippen LogP contribution in [0.5, 0.6) is 0 Å². The number of aromatic nitrogens is 2. The highest BCUT2D eigenvalue weighted by Crippen LogP contribution is 2.28. The zero-order valence-corrected chi connectivity index (χ0v) is 9.06. The third kappa shape index (κ3) is 1.71. The van der Waals surface area contributed by atoms with E-state index in [-0.39, 0.29) is 0 Å². The SMILES string of the molecule is Cc1ccc(-c2csc(N)n2)c(Cl)n1. The van der Waals surface area contributed by atoms with Gasteiger partial charge in [0, 0.05) is 16.6 Å². The van der Waals surface area contributed by atoms with Crippen molar-refractivity contribution in [3.63, 3.8) is 0 Å². The summed E-state index contributed by atoms with van der Waals surface area (Å²) in [5, 5.41) is 2.88. The van der Waals surface area contributed by atoms with Crippen LogP contribution in [-0.2, 0) is 0 Å². The maximum Gasteiger partial charge on any atom is 0.180 e. The lowest BCUT2D eigenvalue weighted by Gasteiger charge is -2.00. The van der Waals surface area contributed by atoms with Gasteiger partial charge in [0.25, 0.3) is 0 Å². The second kappa shape index (κ2) is 3.55. The molecule has 0 saturated heterocycles. The Balaban J connectivity index is 2.52. The fraction of sp³-hybridized carbons (Fsp3) is 0.111. The summed E-state index contributed by atoms with van der Waals surface area (Å²) in [5.41, 5.74) is 8.04. The van der Waals surface area contributed by atoms with Gasteiger partial charge in [-0.05, 0) is 19.1 Å². The molecule has 3 nitrogen and oxygen atoms in total. The van der Waals surface area contributed by atoms with Crippen molar-refractivity contribution in [2.24, 2.45) is 0 Å². The van der Waals surface area contributed by atoms with Gasteiger partial charge in [-0.3, -0.25) is 0 Å². The van der Waals surface area contributed by atoms with Crippen molar-refractivity contribution in [3.05, 3.63) is 28.4 Å². The number of rotatable bonds is 1. The summed E-state index contributed by atoms with van der Waals surface area (Å²) in [6.07, 6.45) is 0. The molecule has 0 bridgehead atoms. The molecule has 14 heavy (non-hydrogen) atoms. The van der Waals surface area contributed by atoms with E-state index in [1.54, 1.807) is 0 Å². The highest BCUT2D eigenvalue weighted by Gasteiger charge is 2.07. The quantitative estimate of drug-likeness (QED) is 0.760. The van der Waals surface area contributed by atoms with Crippen molar-refractivity contribution in [1.82, 2.24) is 9.97 Å². The minimum absolute atomic E-state index is 0.468. The fourth-order valence-electron chi connectivity index (χ4n) is 1.13. The fourth-order valence-corrected chi connectivity index (χ4v) is 1.98. The summed E-state index contributed by atoms with van der Waals surface area (Å²) in [4.78, 5) is 8.29. The van der Waals surface area contributed by atoms with E-state index in [9.17, 15) is 0 Å². The van der Waals surface area contributed by atoms with Crippen molar-refractivity contribution in [1.29, 1.82) is 0 Å². The maximum absolute atomic E-state index is 5.99. The molecule has 2 N–H and O–H groups in total. The molecule has 0 aliphatic carbocycles. The van der Waals surface area contributed by atoms with Gasteiger partial charge in [0.05, 0.1) is 5.69 Å². The minimum atomic E-state index is 0.468. The first-order valence-electron chi connectivity index (χ1n) is 4.01. The molecule has 0 saturated carbocycles. The first-order valence-corrected chi connectivity index (χ1v) is 5.27. The van der Waals surface area contributed by atoms with E-state index in [0.717, 1.165) is 17.0 Å². The average molecular weight is 226 g/mol. The lowest BCUT2D eigenvalue weighted by molar-refractivity contribution is 1.20. The lowest BCUT2D eigenvalue weighted by Crippen LogP contribution is -1.87. The van der Waals surface area contributed by atoms with Crippen LogP contribution in [0.2, 0.25) is 5.15 Å². The van der Waals surface area contributed by atoms with Gasteiger partial charge in [0.2, 0.25) is 0 Å². The summed E-state index contributed by atoms with van der Waals surface area (Å²) < 4.78 is 0. The van der Waals surface area contributed by atoms with Gasteiger partial charge in [-0.25, -0.2) is 9.97 Å². The maximum atomic E-state index is 5.99. The third-order valence-electron chi connectivity index (χ3n) is 1.79. The van der Waals surface area contributed by atoms with Crippen LogP contribution in [0, 0.1) is 6.92 Å². The summed E-state index contributed by atoms with van der Waals surface area (Å²) in [5.74, 6) is 0. The van der Waals surface area contributed by atoms with E-state index < -0.39 is 0 Å². The number of nitrogens with zero attached hydrogens (tertiary/aromatic N) is 2. The Morgan fingerprint density at radius 2 is 2.14 bits per heavy atom. The first kappa shape index (κ1) is 9.43. The molecule has 5 heteroatoms. The third-order valence-corrected chi connectivity index (χ3v) is 2.75. The molecule has 2 aromatic heterocycles. The largest absolute Gasteiger partial charge is 0.375 e. The van der Waals surface area contributed by atoms with Gasteiger partial charge in [0.1, 0.15) is 5.15 Å². The van der Waals surface area contributed by atoms with Crippen LogP contribution in [0.25, 0.3) is 11.3 Å². The van der Waals surface area contributed by atoms with Crippen LogP contribution < -0.4 is 5.73 Å². The molecule has 72 valence electrons. The van der Waals surface area contributed by atoms with Crippen LogP contribution >= 0.6 is 22.9 Å². The number of thiazole rings is 1. The minimum Gasteiger partial charge on any atom is -0.375 e. The Morgan fingerprint density at radius 1 is 1.36 bits per heavy atom. The number of pyridine rings is 1. The van der Waals surface area contributed by atoms with Crippen LogP contribution in [-0.4, -0.2) is 9.97 Å². The molecule has 0 aromatic carbocycles. The van der Waals surface area contributed by atoms with E-state index in [4.69, 9.17) is 17.3 Å². The van der Waals surface area contributed by atoms with E-state index in [2.05, 4.69) is 9.97 Å². The first-order chi connectivity index (χ1) is 6.66. The van der Waals surface area contributed by atoms with Crippen molar-refractivity contribution in [2.75, 3.05) is 5.73 Å². The van der Waals surface area contributed by atoms with E-state index in [1.165, 1.54) is 11.3 Å². The van der Waals surface area contributed by atoms with Crippen molar-refractivity contribution in [2.45, 2.75) is 6.92 Å². The lowest BCUT2D eigenvalue weighted by atomic mass is 10.2. The summed E-state index contributed by atoms with van der Waals surface area (Å²) in [7, 11) is 0. The number of nitrogen functional groups attached to an aromatic ring is 1. The monoisotopic (exact) mass is 225 g/mol. The molecule has 0 spiro atoms. The highest BCUT2D eigenvalue weighted by molar-refractivity contribution is 7.13. The van der Waals surface area contributed by atoms with Gasteiger partial charge >= 0.3 is 0 Å². The van der Waals surface area contributed by atoms with Gasteiger partial charge < -0.3 is 5.73 Å². The van der Waals surface area contributed by atoms with E-state index in [1.807, 2.05) is 24.4 Å². The second-order valence-corrected chi connectivity index (χ2v) is 4.11. The molecular formula is C9H8ClN3S. The van der Waals surface area contributed by atoms with E-state index in [0.29, 0.717) is 10.3 Å². The van der Waals surface area contributed by atoms with Gasteiger partial charge in [-0.1, -0.05) is 11.6 Å². The molecule has 0 radical (unpaired) electrons. The van der Waals surface area contributed by atoms with Crippen LogP contribution in [0.15, 0.2) is 17.5 Å². The zero-order chi connectivity index (χ0) is 10.1.